The molecular weight excluding hydrogens is 202 g/mol. The molecule has 4 nitrogen and oxygen atoms in total. The van der Waals surface area contributed by atoms with Gasteiger partial charge in [-0.15, -0.1) is 0 Å². The van der Waals surface area contributed by atoms with Crippen molar-refractivity contribution in [1.29, 1.82) is 0 Å². The minimum Gasteiger partial charge on any atom is -0.493 e. The van der Waals surface area contributed by atoms with Gasteiger partial charge in [0.25, 0.3) is 0 Å². The molecule has 1 rings (SSSR count). The van der Waals surface area contributed by atoms with Gasteiger partial charge in [-0.05, 0) is 12.0 Å². The third kappa shape index (κ3) is 2.55. The van der Waals surface area contributed by atoms with Gasteiger partial charge in [-0.3, -0.25) is 4.68 Å². The Morgan fingerprint density at radius 2 is 2.12 bits per heavy atom. The highest BCUT2D eigenvalue weighted by Gasteiger charge is 2.30. The van der Waals surface area contributed by atoms with Crippen LogP contribution in [0.25, 0.3) is 0 Å². The number of methoxy groups -OCH3 is 1. The number of aryl methyl sites for hydroxylation is 1. The minimum atomic E-state index is 0.122. The molecule has 0 amide bonds. The van der Waals surface area contributed by atoms with Crippen LogP contribution in [0.3, 0.4) is 0 Å². The van der Waals surface area contributed by atoms with Crippen molar-refractivity contribution >= 4 is 0 Å². The molecule has 0 aliphatic heterocycles. The normalized spacial score (nSPS) is 13.9. The van der Waals surface area contributed by atoms with E-state index in [2.05, 4.69) is 38.1 Å². The Balaban J connectivity index is 3.14. The summed E-state index contributed by atoms with van der Waals surface area (Å²) < 4.78 is 7.25. The Bertz CT molecular complexity index is 339. The summed E-state index contributed by atoms with van der Waals surface area (Å²) in [6, 6.07) is 0.236. The molecule has 1 aromatic heterocycles. The van der Waals surface area contributed by atoms with Crippen LogP contribution in [-0.4, -0.2) is 23.4 Å². The highest BCUT2D eigenvalue weighted by atomic mass is 16.5. The van der Waals surface area contributed by atoms with Crippen LogP contribution in [0.4, 0.5) is 0 Å². The molecule has 1 heterocycles. The molecule has 0 aromatic carbocycles. The fourth-order valence-corrected chi connectivity index (χ4v) is 1.93. The van der Waals surface area contributed by atoms with E-state index in [0.29, 0.717) is 0 Å². The predicted octanol–water partition coefficient (Wildman–Crippen LogP) is 2.13. The highest BCUT2D eigenvalue weighted by Crippen LogP contribution is 2.36. The van der Waals surface area contributed by atoms with Crippen LogP contribution in [0.5, 0.6) is 5.75 Å². The van der Waals surface area contributed by atoms with Crippen molar-refractivity contribution in [3.63, 3.8) is 0 Å². The van der Waals surface area contributed by atoms with Crippen molar-refractivity contribution in [3.05, 3.63) is 11.9 Å². The lowest BCUT2D eigenvalue weighted by molar-refractivity contribution is 0.257. The van der Waals surface area contributed by atoms with Gasteiger partial charge in [0, 0.05) is 7.05 Å². The van der Waals surface area contributed by atoms with E-state index in [0.717, 1.165) is 18.0 Å². The zero-order valence-electron chi connectivity index (χ0n) is 11.2. The quantitative estimate of drug-likeness (QED) is 0.853. The van der Waals surface area contributed by atoms with E-state index >= 15 is 0 Å². The number of ether oxygens (including phenoxy) is 1. The molecule has 1 N–H and O–H groups in total. The number of aromatic nitrogens is 2. The van der Waals surface area contributed by atoms with Crippen LogP contribution in [0.15, 0.2) is 6.20 Å². The van der Waals surface area contributed by atoms with Crippen LogP contribution in [0.2, 0.25) is 0 Å². The van der Waals surface area contributed by atoms with Crippen LogP contribution in [0, 0.1) is 5.41 Å². The van der Waals surface area contributed by atoms with Crippen molar-refractivity contribution < 1.29 is 4.74 Å². The monoisotopic (exact) mass is 225 g/mol. The van der Waals surface area contributed by atoms with E-state index in [1.54, 1.807) is 13.3 Å². The third-order valence-electron chi connectivity index (χ3n) is 2.72. The van der Waals surface area contributed by atoms with Crippen molar-refractivity contribution in [1.82, 2.24) is 15.1 Å². The highest BCUT2D eigenvalue weighted by molar-refractivity contribution is 5.29. The van der Waals surface area contributed by atoms with E-state index in [4.69, 9.17) is 4.74 Å². The Hall–Kier alpha value is -1.03. The molecule has 0 aliphatic carbocycles. The van der Waals surface area contributed by atoms with Crippen molar-refractivity contribution in [3.8, 4) is 5.75 Å². The number of nitrogens with zero attached hydrogens (tertiary/aromatic N) is 2. The number of nitrogens with one attached hydrogen (secondary N) is 1. The lowest BCUT2D eigenvalue weighted by Crippen LogP contribution is -2.34. The Kier molecular flexibility index (Phi) is 3.97. The van der Waals surface area contributed by atoms with Gasteiger partial charge in [0.05, 0.1) is 25.0 Å². The fraction of sp³-hybridized carbons (Fsp3) is 0.750. The van der Waals surface area contributed by atoms with Gasteiger partial charge in [-0.25, -0.2) is 0 Å². The molecule has 92 valence electrons. The molecule has 16 heavy (non-hydrogen) atoms. The first-order valence-electron chi connectivity index (χ1n) is 5.71. The summed E-state index contributed by atoms with van der Waals surface area (Å²) in [5.41, 5.74) is 1.23. The first kappa shape index (κ1) is 13.0. The summed E-state index contributed by atoms with van der Waals surface area (Å²) in [6.07, 6.45) is 1.77. The summed E-state index contributed by atoms with van der Waals surface area (Å²) in [5, 5.41) is 7.76. The molecular formula is C12H23N3O. The second-order valence-electron chi connectivity index (χ2n) is 5.08. The second-order valence-corrected chi connectivity index (χ2v) is 5.08. The molecule has 0 saturated heterocycles. The van der Waals surface area contributed by atoms with Crippen LogP contribution in [0.1, 0.15) is 39.4 Å². The number of hydrogen-bond acceptors (Lipinski definition) is 3. The summed E-state index contributed by atoms with van der Waals surface area (Å²) >= 11 is 0. The summed E-state index contributed by atoms with van der Waals surface area (Å²) in [4.78, 5) is 0. The number of rotatable bonds is 4. The average Bonchev–Trinajstić information content (AvgIpc) is 2.54. The van der Waals surface area contributed by atoms with Gasteiger partial charge in [-0.1, -0.05) is 27.7 Å². The Morgan fingerprint density at radius 3 is 2.56 bits per heavy atom. The molecule has 4 heteroatoms. The molecule has 0 fully saturated rings. The summed E-state index contributed by atoms with van der Waals surface area (Å²) in [6.45, 7) is 9.68. The largest absolute Gasteiger partial charge is 0.493 e. The van der Waals surface area contributed by atoms with Crippen LogP contribution in [-0.2, 0) is 7.05 Å². The van der Waals surface area contributed by atoms with Gasteiger partial charge in [0.15, 0.2) is 5.75 Å². The van der Waals surface area contributed by atoms with E-state index < -0.39 is 0 Å². The molecule has 0 saturated carbocycles. The Labute approximate surface area is 98.0 Å². The molecule has 0 bridgehead atoms. The van der Waals surface area contributed by atoms with Crippen molar-refractivity contribution in [2.45, 2.75) is 33.7 Å². The predicted molar refractivity (Wildman–Crippen MR) is 65.6 cm³/mol. The van der Waals surface area contributed by atoms with E-state index in [9.17, 15) is 0 Å². The molecule has 0 spiro atoms. The van der Waals surface area contributed by atoms with Gasteiger partial charge in [-0.2, -0.15) is 5.10 Å². The third-order valence-corrected chi connectivity index (χ3v) is 2.72. The number of hydrogen-bond donors (Lipinski definition) is 1. The topological polar surface area (TPSA) is 39.1 Å². The van der Waals surface area contributed by atoms with Gasteiger partial charge in [0.2, 0.25) is 0 Å². The van der Waals surface area contributed by atoms with Gasteiger partial charge >= 0.3 is 0 Å². The molecule has 1 aromatic rings. The molecule has 1 atom stereocenters. The standard InChI is InChI=1S/C12H23N3O/c1-7-13-11(12(2,3)4)10-9(16-6)8-14-15(10)5/h8,11,13H,7H2,1-6H3. The minimum absolute atomic E-state index is 0.122. The first-order valence-corrected chi connectivity index (χ1v) is 5.71. The maximum atomic E-state index is 5.37. The smallest absolute Gasteiger partial charge is 0.161 e. The molecule has 0 radical (unpaired) electrons. The fourth-order valence-electron chi connectivity index (χ4n) is 1.93. The Morgan fingerprint density at radius 1 is 1.50 bits per heavy atom. The molecule has 0 aliphatic rings. The maximum Gasteiger partial charge on any atom is 0.161 e. The van der Waals surface area contributed by atoms with E-state index in [1.807, 2.05) is 11.7 Å². The first-order chi connectivity index (χ1) is 7.41. The van der Waals surface area contributed by atoms with Crippen molar-refractivity contribution in [2.24, 2.45) is 12.5 Å². The van der Waals surface area contributed by atoms with Gasteiger partial charge < -0.3 is 10.1 Å². The zero-order valence-corrected chi connectivity index (χ0v) is 11.2. The van der Waals surface area contributed by atoms with Crippen molar-refractivity contribution in [2.75, 3.05) is 13.7 Å². The van der Waals surface area contributed by atoms with Crippen LogP contribution < -0.4 is 10.1 Å². The summed E-state index contributed by atoms with van der Waals surface area (Å²) in [7, 11) is 3.64. The lowest BCUT2D eigenvalue weighted by atomic mass is 9.84. The molecule has 1 unspecified atom stereocenters. The zero-order chi connectivity index (χ0) is 12.3. The lowest BCUT2D eigenvalue weighted by Gasteiger charge is -2.31. The maximum absolute atomic E-state index is 5.37. The average molecular weight is 225 g/mol. The van der Waals surface area contributed by atoms with Gasteiger partial charge in [0.1, 0.15) is 0 Å². The van der Waals surface area contributed by atoms with E-state index in [-0.39, 0.29) is 11.5 Å². The van der Waals surface area contributed by atoms with Crippen LogP contribution >= 0.6 is 0 Å². The summed E-state index contributed by atoms with van der Waals surface area (Å²) in [5.74, 6) is 0.850. The SMILES string of the molecule is CCNC(c1c(OC)cnn1C)C(C)(C)C. The van der Waals surface area contributed by atoms with E-state index in [1.165, 1.54) is 0 Å². The second kappa shape index (κ2) is 4.87.